The van der Waals surface area contributed by atoms with Crippen LogP contribution in [0.3, 0.4) is 0 Å². The van der Waals surface area contributed by atoms with Crippen LogP contribution in [0.4, 0.5) is 0 Å². The highest BCUT2D eigenvalue weighted by Crippen LogP contribution is 2.36. The van der Waals surface area contributed by atoms with Gasteiger partial charge in [0.1, 0.15) is 0 Å². The van der Waals surface area contributed by atoms with E-state index in [1.165, 1.54) is 6.42 Å². The Kier molecular flexibility index (Phi) is 14.5. The minimum Gasteiger partial charge on any atom is -0.724 e. The predicted octanol–water partition coefficient (Wildman–Crippen LogP) is 1.39. The van der Waals surface area contributed by atoms with E-state index in [0.29, 0.717) is 25.2 Å². The lowest BCUT2D eigenvalue weighted by molar-refractivity contribution is 0.210. The molecule has 20 heavy (non-hydrogen) atoms. The highest BCUT2D eigenvalue weighted by atomic mass is 16.1. The summed E-state index contributed by atoms with van der Waals surface area (Å²) in [5.74, 6) is 0. The van der Waals surface area contributed by atoms with Crippen LogP contribution in [0.2, 0.25) is 0 Å². The number of rotatable bonds is 4. The number of nitrogens with zero attached hydrogens (tertiary/aromatic N) is 4. The highest BCUT2D eigenvalue weighted by Gasteiger charge is 2.31. The molecule has 0 aromatic carbocycles. The van der Waals surface area contributed by atoms with Gasteiger partial charge >= 0.3 is 0 Å². The summed E-state index contributed by atoms with van der Waals surface area (Å²) in [4.78, 5) is 43.9. The molecule has 0 aliphatic heterocycles. The summed E-state index contributed by atoms with van der Waals surface area (Å²) in [5.41, 5.74) is -0.0763. The Morgan fingerprint density at radius 2 is 1.15 bits per heavy atom. The maximum Gasteiger partial charge on any atom is 0.234 e. The van der Waals surface area contributed by atoms with Crippen LogP contribution in [-0.4, -0.2) is 37.4 Å². The molecule has 108 valence electrons. The molecule has 0 amide bonds. The zero-order chi connectivity index (χ0) is 15.7. The topological polar surface area (TPSA) is 138 Å². The summed E-state index contributed by atoms with van der Waals surface area (Å²) in [6.07, 6.45) is 9.56. The maximum atomic E-state index is 10.1. The van der Waals surface area contributed by atoms with Gasteiger partial charge in [-0.3, -0.25) is 9.59 Å². The number of aliphatic imine (C=N–C) groups is 2. The van der Waals surface area contributed by atoms with Gasteiger partial charge in [-0.1, -0.05) is 19.3 Å². The molecule has 1 aliphatic carbocycles. The Morgan fingerprint density at radius 1 is 0.800 bits per heavy atom. The van der Waals surface area contributed by atoms with Crippen molar-refractivity contribution in [2.75, 3.05) is 13.1 Å². The normalized spacial score (nSPS) is 14.2. The van der Waals surface area contributed by atoms with Gasteiger partial charge in [0.15, 0.2) is 0 Å². The van der Waals surface area contributed by atoms with Gasteiger partial charge in [0, 0.05) is 5.41 Å². The van der Waals surface area contributed by atoms with E-state index in [9.17, 15) is 9.59 Å². The van der Waals surface area contributed by atoms with E-state index in [-0.39, 0.29) is 5.41 Å². The van der Waals surface area contributed by atoms with Crippen molar-refractivity contribution in [2.24, 2.45) is 15.4 Å². The molecule has 1 saturated carbocycles. The van der Waals surface area contributed by atoms with E-state index in [2.05, 4.69) is 9.98 Å². The average molecular weight is 278 g/mol. The van der Waals surface area contributed by atoms with E-state index in [1.807, 2.05) is 0 Å². The molecule has 0 N–H and O–H groups in total. The minimum absolute atomic E-state index is 0.0763. The highest BCUT2D eigenvalue weighted by molar-refractivity contribution is 5.37. The molecule has 8 nitrogen and oxygen atoms in total. The van der Waals surface area contributed by atoms with Gasteiger partial charge in [-0.2, -0.15) is 0 Å². The fourth-order valence-electron chi connectivity index (χ4n) is 2.07. The van der Waals surface area contributed by atoms with Crippen LogP contribution in [0.1, 0.15) is 32.1 Å². The first-order valence-electron chi connectivity index (χ1n) is 5.76. The summed E-state index contributed by atoms with van der Waals surface area (Å²) in [6.45, 7) is 0.892. The molecule has 0 aromatic heterocycles. The molecule has 1 aliphatic rings. The molecule has 0 heterocycles. The molecule has 1 rings (SSSR count). The van der Waals surface area contributed by atoms with Gasteiger partial charge in [0.2, 0.25) is 12.2 Å². The number of hydrogen-bond acceptors (Lipinski definition) is 6. The molecular weight excluding hydrogens is 264 g/mol. The number of carbonyl (C=O) groups excluding carboxylic acids is 4. The maximum absolute atomic E-state index is 10.1. The lowest BCUT2D eigenvalue weighted by Gasteiger charge is -2.33. The first-order valence-corrected chi connectivity index (χ1v) is 5.76. The fraction of sp³-hybridized carbons (Fsp3) is 0.667. The summed E-state index contributed by atoms with van der Waals surface area (Å²) < 4.78 is 0. The van der Waals surface area contributed by atoms with Crippen molar-refractivity contribution in [3.63, 3.8) is 0 Å². The van der Waals surface area contributed by atoms with E-state index < -0.39 is 0 Å². The predicted molar refractivity (Wildman–Crippen MR) is 69.6 cm³/mol. The molecule has 0 atom stereocenters. The van der Waals surface area contributed by atoms with Crippen molar-refractivity contribution in [2.45, 2.75) is 32.1 Å². The van der Waals surface area contributed by atoms with Crippen molar-refractivity contribution in [3.05, 3.63) is 10.8 Å². The van der Waals surface area contributed by atoms with Crippen molar-refractivity contribution in [1.82, 2.24) is 0 Å². The van der Waals surface area contributed by atoms with Crippen molar-refractivity contribution in [1.29, 1.82) is 0 Å². The monoisotopic (exact) mass is 278 g/mol. The van der Waals surface area contributed by atoms with Crippen LogP contribution in [0, 0.1) is 5.41 Å². The second-order valence-corrected chi connectivity index (χ2v) is 4.06. The van der Waals surface area contributed by atoms with Crippen LogP contribution < -0.4 is 0 Å². The van der Waals surface area contributed by atoms with Crippen molar-refractivity contribution in [3.8, 4) is 0 Å². The molecule has 0 bridgehead atoms. The van der Waals surface area contributed by atoms with Gasteiger partial charge in [-0.25, -0.2) is 19.6 Å². The second-order valence-electron chi connectivity index (χ2n) is 4.06. The number of hydrogen-bond donors (Lipinski definition) is 0. The van der Waals surface area contributed by atoms with E-state index in [1.54, 1.807) is 12.2 Å². The smallest absolute Gasteiger partial charge is 0.234 e. The third-order valence-electron chi connectivity index (χ3n) is 2.87. The van der Waals surface area contributed by atoms with Gasteiger partial charge in [0.25, 0.3) is 0 Å². The molecule has 0 aromatic rings. The average Bonchev–Trinajstić information content (AvgIpc) is 2.46. The Labute approximate surface area is 116 Å². The van der Waals surface area contributed by atoms with Crippen LogP contribution in [0.25, 0.3) is 10.8 Å². The van der Waals surface area contributed by atoms with Crippen LogP contribution in [0.5, 0.6) is 0 Å². The first-order chi connectivity index (χ1) is 9.66. The summed E-state index contributed by atoms with van der Waals surface area (Å²) >= 11 is 0. The second kappa shape index (κ2) is 14.6. The van der Waals surface area contributed by atoms with Gasteiger partial charge in [-0.15, -0.1) is 0 Å². The molecule has 1 fully saturated rings. The lowest BCUT2D eigenvalue weighted by atomic mass is 9.74. The largest absolute Gasteiger partial charge is 0.724 e. The Morgan fingerprint density at radius 3 is 1.45 bits per heavy atom. The van der Waals surface area contributed by atoms with E-state index >= 15 is 0 Å². The van der Waals surface area contributed by atoms with Crippen molar-refractivity contribution < 1.29 is 19.2 Å². The Hall–Kier alpha value is -2.48. The third-order valence-corrected chi connectivity index (χ3v) is 2.87. The third kappa shape index (κ3) is 10.7. The minimum atomic E-state index is -0.0763. The fourth-order valence-corrected chi connectivity index (χ4v) is 2.07. The summed E-state index contributed by atoms with van der Waals surface area (Å²) in [5, 5.41) is 13.5. The standard InChI is InChI=1S/C10H14N2O2.2CNO/c13-8-11-6-10(7-12-9-14)4-2-1-3-5-10;2*2-1-3/h1-7H2;;/q;2*-1. The Bertz CT molecular complexity index is 385. The van der Waals surface area contributed by atoms with Crippen LogP contribution in [0.15, 0.2) is 9.98 Å². The molecule has 0 saturated heterocycles. The molecule has 0 spiro atoms. The quantitative estimate of drug-likeness (QED) is 0.566. The summed E-state index contributed by atoms with van der Waals surface area (Å²) in [7, 11) is 0. The van der Waals surface area contributed by atoms with Crippen LogP contribution in [-0.2, 0) is 19.2 Å². The zero-order valence-electron chi connectivity index (χ0n) is 10.9. The molecular formula is C12H14N4O4-2. The van der Waals surface area contributed by atoms with E-state index in [0.717, 1.165) is 25.7 Å². The van der Waals surface area contributed by atoms with E-state index in [4.69, 9.17) is 20.4 Å². The van der Waals surface area contributed by atoms with Gasteiger partial charge < -0.3 is 10.8 Å². The Balaban J connectivity index is 0. The summed E-state index contributed by atoms with van der Waals surface area (Å²) in [6, 6.07) is 0. The van der Waals surface area contributed by atoms with Crippen LogP contribution >= 0.6 is 0 Å². The lowest BCUT2D eigenvalue weighted by Crippen LogP contribution is -2.30. The molecule has 0 unspecified atom stereocenters. The first kappa shape index (κ1) is 19.9. The van der Waals surface area contributed by atoms with Gasteiger partial charge in [0.05, 0.1) is 13.1 Å². The molecule has 8 heteroatoms. The SMILES string of the molecule is O=C=NCC1(CN=C=O)CCCCC1.[N-]=C=O.[N-]=C=O. The van der Waals surface area contributed by atoms with Gasteiger partial charge in [-0.05, 0) is 25.0 Å². The zero-order valence-corrected chi connectivity index (χ0v) is 10.9. The number of isocyanates is 4. The van der Waals surface area contributed by atoms with Crippen molar-refractivity contribution >= 4 is 24.3 Å². The molecule has 0 radical (unpaired) electrons.